The first-order valence-corrected chi connectivity index (χ1v) is 7.58. The number of aromatic nitrogens is 1. The molecule has 2 N–H and O–H groups in total. The maximum Gasteiger partial charge on any atom is 0.417 e. The van der Waals surface area contributed by atoms with Crippen molar-refractivity contribution in [3.63, 3.8) is 0 Å². The van der Waals surface area contributed by atoms with Crippen molar-refractivity contribution in [2.24, 2.45) is 5.10 Å². The second-order valence-corrected chi connectivity index (χ2v) is 5.61. The van der Waals surface area contributed by atoms with Gasteiger partial charge in [-0.1, -0.05) is 23.2 Å². The van der Waals surface area contributed by atoms with E-state index in [0.29, 0.717) is 11.8 Å². The summed E-state index contributed by atoms with van der Waals surface area (Å²) in [5, 5.41) is 12.6. The van der Waals surface area contributed by atoms with Crippen molar-refractivity contribution < 1.29 is 27.8 Å². The molecular weight excluding hydrogens is 398 g/mol. The van der Waals surface area contributed by atoms with Crippen molar-refractivity contribution in [3.05, 3.63) is 51.6 Å². The van der Waals surface area contributed by atoms with Crippen LogP contribution in [0.5, 0.6) is 5.75 Å². The van der Waals surface area contributed by atoms with Gasteiger partial charge < -0.3 is 9.84 Å². The van der Waals surface area contributed by atoms with E-state index in [1.807, 2.05) is 0 Å². The summed E-state index contributed by atoms with van der Waals surface area (Å²) < 4.78 is 42.3. The molecule has 0 atom stereocenters. The molecule has 0 aliphatic heterocycles. The molecule has 0 spiro atoms. The highest BCUT2D eigenvalue weighted by Crippen LogP contribution is 2.34. The molecule has 0 bridgehead atoms. The number of nitrogens with zero attached hydrogens (tertiary/aromatic N) is 2. The SMILES string of the molecule is O=C(O)COc1c(Cl)cc(/C=N\Nc2ccc(C(F)(F)F)cn2)cc1Cl. The zero-order valence-corrected chi connectivity index (χ0v) is 14.2. The number of hydrogen-bond donors (Lipinski definition) is 2. The smallest absolute Gasteiger partial charge is 0.417 e. The molecule has 0 unspecified atom stereocenters. The lowest BCUT2D eigenvalue weighted by atomic mass is 10.2. The molecule has 11 heteroatoms. The van der Waals surface area contributed by atoms with E-state index in [-0.39, 0.29) is 21.6 Å². The number of benzene rings is 1. The number of hydrogen-bond acceptors (Lipinski definition) is 5. The lowest BCUT2D eigenvalue weighted by Gasteiger charge is -2.09. The molecule has 26 heavy (non-hydrogen) atoms. The molecule has 0 aliphatic rings. The van der Waals surface area contributed by atoms with Gasteiger partial charge in [0.25, 0.3) is 0 Å². The number of halogens is 5. The third-order valence-electron chi connectivity index (χ3n) is 2.84. The normalized spacial score (nSPS) is 11.6. The van der Waals surface area contributed by atoms with Crippen molar-refractivity contribution in [2.45, 2.75) is 6.18 Å². The van der Waals surface area contributed by atoms with E-state index >= 15 is 0 Å². The average Bonchev–Trinajstić information content (AvgIpc) is 2.53. The first-order chi connectivity index (χ1) is 12.2. The van der Waals surface area contributed by atoms with Crippen molar-refractivity contribution >= 4 is 41.2 Å². The van der Waals surface area contributed by atoms with Gasteiger partial charge in [0.1, 0.15) is 5.82 Å². The fourth-order valence-electron chi connectivity index (χ4n) is 1.73. The van der Waals surface area contributed by atoms with Crippen molar-refractivity contribution in [2.75, 3.05) is 12.0 Å². The third-order valence-corrected chi connectivity index (χ3v) is 3.41. The molecule has 1 aromatic heterocycles. The van der Waals surface area contributed by atoms with Crippen LogP contribution in [0.1, 0.15) is 11.1 Å². The Kier molecular flexibility index (Phi) is 6.27. The minimum absolute atomic E-state index is 0.0187. The summed E-state index contributed by atoms with van der Waals surface area (Å²) in [7, 11) is 0. The topological polar surface area (TPSA) is 83.8 Å². The number of carboxylic acids is 1. The lowest BCUT2D eigenvalue weighted by molar-refractivity contribution is -0.139. The Labute approximate surface area is 155 Å². The highest BCUT2D eigenvalue weighted by molar-refractivity contribution is 6.37. The average molecular weight is 408 g/mol. The van der Waals surface area contributed by atoms with Crippen LogP contribution >= 0.6 is 23.2 Å². The summed E-state index contributed by atoms with van der Waals surface area (Å²) >= 11 is 11.9. The van der Waals surface area contributed by atoms with Gasteiger partial charge in [0, 0.05) is 6.20 Å². The molecule has 0 saturated heterocycles. The van der Waals surface area contributed by atoms with Crippen LogP contribution in [0.4, 0.5) is 19.0 Å². The summed E-state index contributed by atoms with van der Waals surface area (Å²) in [5.74, 6) is -1.06. The van der Waals surface area contributed by atoms with E-state index in [1.165, 1.54) is 18.3 Å². The summed E-state index contributed by atoms with van der Waals surface area (Å²) in [6.45, 7) is -0.603. The number of carboxylic acid groups (broad SMARTS) is 1. The van der Waals surface area contributed by atoms with Crippen LogP contribution in [0.2, 0.25) is 10.0 Å². The van der Waals surface area contributed by atoms with Gasteiger partial charge in [-0.3, -0.25) is 5.43 Å². The maximum absolute atomic E-state index is 12.4. The van der Waals surface area contributed by atoms with Gasteiger partial charge in [-0.05, 0) is 29.8 Å². The van der Waals surface area contributed by atoms with Crippen LogP contribution in [-0.4, -0.2) is 28.9 Å². The third kappa shape index (κ3) is 5.50. The first kappa shape index (κ1) is 19.8. The second kappa shape index (κ2) is 8.24. The first-order valence-electron chi connectivity index (χ1n) is 6.83. The van der Waals surface area contributed by atoms with Gasteiger partial charge in [-0.15, -0.1) is 0 Å². The minimum Gasteiger partial charge on any atom is -0.479 e. The van der Waals surface area contributed by atoms with Gasteiger partial charge in [-0.2, -0.15) is 18.3 Å². The quantitative estimate of drug-likeness (QED) is 0.550. The summed E-state index contributed by atoms with van der Waals surface area (Å²) in [4.78, 5) is 14.1. The van der Waals surface area contributed by atoms with Crippen LogP contribution in [0.15, 0.2) is 35.6 Å². The van der Waals surface area contributed by atoms with E-state index < -0.39 is 24.3 Å². The number of ether oxygens (including phenoxy) is 1. The van der Waals surface area contributed by atoms with Crippen LogP contribution < -0.4 is 10.2 Å². The van der Waals surface area contributed by atoms with Crippen molar-refractivity contribution in [3.8, 4) is 5.75 Å². The number of hydrazone groups is 1. The van der Waals surface area contributed by atoms with Crippen LogP contribution in [0.3, 0.4) is 0 Å². The van der Waals surface area contributed by atoms with Gasteiger partial charge in [-0.25, -0.2) is 9.78 Å². The van der Waals surface area contributed by atoms with Gasteiger partial charge in [0.15, 0.2) is 12.4 Å². The Balaban J connectivity index is 2.05. The molecule has 0 aliphatic carbocycles. The fourth-order valence-corrected chi connectivity index (χ4v) is 2.34. The largest absolute Gasteiger partial charge is 0.479 e. The van der Waals surface area contributed by atoms with Crippen molar-refractivity contribution in [1.29, 1.82) is 0 Å². The molecule has 138 valence electrons. The molecule has 0 saturated carbocycles. The Morgan fingerprint density at radius 3 is 2.46 bits per heavy atom. The molecule has 6 nitrogen and oxygen atoms in total. The lowest BCUT2D eigenvalue weighted by Crippen LogP contribution is -2.10. The van der Waals surface area contributed by atoms with E-state index in [0.717, 1.165) is 12.1 Å². The summed E-state index contributed by atoms with van der Waals surface area (Å²) in [6.07, 6.45) is -2.48. The molecule has 1 aromatic carbocycles. The van der Waals surface area contributed by atoms with E-state index in [4.69, 9.17) is 33.0 Å². The number of nitrogens with one attached hydrogen (secondary N) is 1. The molecule has 0 amide bonds. The highest BCUT2D eigenvalue weighted by Gasteiger charge is 2.30. The number of aliphatic carboxylic acids is 1. The molecule has 0 fully saturated rings. The van der Waals surface area contributed by atoms with Crippen LogP contribution in [0, 0.1) is 0 Å². The Hall–Kier alpha value is -2.52. The standard InChI is InChI=1S/C15H10Cl2F3N3O3/c16-10-3-8(4-11(17)14(10)26-7-13(24)25)5-22-23-12-2-1-9(6-21-12)15(18,19)20/h1-6H,7H2,(H,21,23)(H,24,25)/b22-5-. The zero-order chi connectivity index (χ0) is 19.3. The molecule has 2 rings (SSSR count). The molecular formula is C15H10Cl2F3N3O3. The number of rotatable bonds is 6. The Morgan fingerprint density at radius 2 is 1.96 bits per heavy atom. The fraction of sp³-hybridized carbons (Fsp3) is 0.133. The summed E-state index contributed by atoms with van der Waals surface area (Å²) in [5.41, 5.74) is 2.04. The Bertz CT molecular complexity index is 804. The number of pyridine rings is 1. The van der Waals surface area contributed by atoms with E-state index in [2.05, 4.69) is 15.5 Å². The molecule has 0 radical (unpaired) electrons. The minimum atomic E-state index is -4.47. The maximum atomic E-state index is 12.4. The summed E-state index contributed by atoms with van der Waals surface area (Å²) in [6, 6.07) is 4.85. The monoisotopic (exact) mass is 407 g/mol. The Morgan fingerprint density at radius 1 is 1.31 bits per heavy atom. The number of alkyl halides is 3. The van der Waals surface area contributed by atoms with Crippen LogP contribution in [0.25, 0.3) is 0 Å². The second-order valence-electron chi connectivity index (χ2n) is 4.80. The highest BCUT2D eigenvalue weighted by atomic mass is 35.5. The number of carbonyl (C=O) groups is 1. The number of anilines is 1. The molecule has 1 heterocycles. The predicted octanol–water partition coefficient (Wildman–Crippen LogP) is 4.32. The van der Waals surface area contributed by atoms with Crippen LogP contribution in [-0.2, 0) is 11.0 Å². The molecule has 2 aromatic rings. The predicted molar refractivity (Wildman–Crippen MR) is 90.0 cm³/mol. The van der Waals surface area contributed by atoms with E-state index in [1.54, 1.807) is 0 Å². The van der Waals surface area contributed by atoms with Crippen molar-refractivity contribution in [1.82, 2.24) is 4.98 Å². The zero-order valence-electron chi connectivity index (χ0n) is 12.7. The van der Waals surface area contributed by atoms with Gasteiger partial charge in [0.2, 0.25) is 0 Å². The van der Waals surface area contributed by atoms with Gasteiger partial charge in [0.05, 0.1) is 21.8 Å². The van der Waals surface area contributed by atoms with Gasteiger partial charge >= 0.3 is 12.1 Å². The van der Waals surface area contributed by atoms with E-state index in [9.17, 15) is 18.0 Å².